The van der Waals surface area contributed by atoms with Gasteiger partial charge in [-0.25, -0.2) is 0 Å². The third kappa shape index (κ3) is 8.64. The zero-order valence-corrected chi connectivity index (χ0v) is 20.1. The van der Waals surface area contributed by atoms with E-state index in [1.54, 1.807) is 0 Å². The van der Waals surface area contributed by atoms with Gasteiger partial charge in [-0.2, -0.15) is 10.5 Å². The van der Waals surface area contributed by atoms with Crippen molar-refractivity contribution in [1.82, 2.24) is 0 Å². The topological polar surface area (TPSA) is 165 Å². The predicted molar refractivity (Wildman–Crippen MR) is 128 cm³/mol. The van der Waals surface area contributed by atoms with Gasteiger partial charge in [0.15, 0.2) is 0 Å². The molecule has 10 nitrogen and oxygen atoms in total. The van der Waals surface area contributed by atoms with Crippen LogP contribution in [0.4, 0.5) is 0 Å². The summed E-state index contributed by atoms with van der Waals surface area (Å²) in [5, 5.41) is 55.9. The number of nitriles is 2. The maximum absolute atomic E-state index is 9.80. The second-order valence-electron chi connectivity index (χ2n) is 7.67. The molecule has 194 valence electrons. The molecule has 0 spiro atoms. The summed E-state index contributed by atoms with van der Waals surface area (Å²) in [5.74, 6) is 0. The van der Waals surface area contributed by atoms with Crippen molar-refractivity contribution >= 4 is 0 Å². The molecule has 10 heteroatoms. The Kier molecular flexibility index (Phi) is 13.6. The fourth-order valence-electron chi connectivity index (χ4n) is 3.60. The van der Waals surface area contributed by atoms with Crippen LogP contribution in [0.2, 0.25) is 0 Å². The van der Waals surface area contributed by atoms with Gasteiger partial charge in [0, 0.05) is 0 Å². The minimum atomic E-state index is -0.155. The van der Waals surface area contributed by atoms with Gasteiger partial charge in [0.2, 0.25) is 0 Å². The van der Waals surface area contributed by atoms with Crippen LogP contribution in [0.25, 0.3) is 11.1 Å². The number of hydrogen-bond acceptors (Lipinski definition) is 10. The Labute approximate surface area is 210 Å². The van der Waals surface area contributed by atoms with E-state index in [4.69, 9.17) is 39.4 Å². The Bertz CT molecular complexity index is 900. The van der Waals surface area contributed by atoms with Crippen molar-refractivity contribution in [2.45, 2.75) is 26.4 Å². The van der Waals surface area contributed by atoms with Crippen molar-refractivity contribution in [3.63, 3.8) is 0 Å². The van der Waals surface area contributed by atoms with Crippen molar-refractivity contribution in [2.75, 3.05) is 52.9 Å². The average Bonchev–Trinajstić information content (AvgIpc) is 2.89. The molecule has 36 heavy (non-hydrogen) atoms. The van der Waals surface area contributed by atoms with Crippen molar-refractivity contribution in [3.05, 3.63) is 57.6 Å². The summed E-state index contributed by atoms with van der Waals surface area (Å²) in [5.41, 5.74) is 4.66. The van der Waals surface area contributed by atoms with Crippen LogP contribution in [-0.2, 0) is 45.4 Å². The molecule has 0 heterocycles. The van der Waals surface area contributed by atoms with Crippen LogP contribution < -0.4 is 0 Å². The third-order valence-electron chi connectivity index (χ3n) is 5.13. The molecule has 0 aliphatic heterocycles. The largest absolute Gasteiger partial charge is 0.394 e. The van der Waals surface area contributed by atoms with Gasteiger partial charge in [-0.3, -0.25) is 0 Å². The lowest BCUT2D eigenvalue weighted by molar-refractivity contribution is 0.0783. The van der Waals surface area contributed by atoms with Gasteiger partial charge in [0.1, 0.15) is 0 Å². The van der Waals surface area contributed by atoms with Gasteiger partial charge in [0.05, 0.1) is 103 Å². The standard InChI is InChI=1S/C26H32N2O8/c27-13-25-21(15-33-5-1-29)9-19(10-22(25)16-34-6-2-30)20-11-23(17-35-7-3-31)26(14-28)24(12-20)18-36-8-4-32/h9-12,29-32H,1-8,15-18H2. The number of ether oxygens (including phenoxy) is 4. The van der Waals surface area contributed by atoms with Crippen molar-refractivity contribution in [3.8, 4) is 23.3 Å². The Morgan fingerprint density at radius 1 is 0.500 bits per heavy atom. The molecule has 0 unspecified atom stereocenters. The number of aliphatic hydroxyl groups excluding tert-OH is 4. The fraction of sp³-hybridized carbons (Fsp3) is 0.462. The normalized spacial score (nSPS) is 10.8. The van der Waals surface area contributed by atoms with Crippen LogP contribution in [-0.4, -0.2) is 73.3 Å². The smallest absolute Gasteiger partial charge is 0.0999 e. The van der Waals surface area contributed by atoms with Gasteiger partial charge in [-0.05, 0) is 57.6 Å². The van der Waals surface area contributed by atoms with E-state index in [0.29, 0.717) is 33.4 Å². The fourth-order valence-corrected chi connectivity index (χ4v) is 3.60. The van der Waals surface area contributed by atoms with Crippen molar-refractivity contribution in [2.24, 2.45) is 0 Å². The Hall–Kier alpha value is -2.90. The Balaban J connectivity index is 2.61. The predicted octanol–water partition coefficient (Wildman–Crippen LogP) is 1.13. The lowest BCUT2D eigenvalue weighted by atomic mass is 9.91. The monoisotopic (exact) mass is 500 g/mol. The summed E-state index contributed by atoms with van der Waals surface area (Å²) in [4.78, 5) is 0. The van der Waals surface area contributed by atoms with E-state index in [9.17, 15) is 10.5 Å². The van der Waals surface area contributed by atoms with Crippen LogP contribution in [0.3, 0.4) is 0 Å². The molecule has 0 saturated heterocycles. The summed E-state index contributed by atoms with van der Waals surface area (Å²) < 4.78 is 21.9. The highest BCUT2D eigenvalue weighted by Crippen LogP contribution is 2.31. The first-order valence-corrected chi connectivity index (χ1v) is 11.5. The zero-order chi connectivity index (χ0) is 26.2. The Morgan fingerprint density at radius 3 is 0.944 bits per heavy atom. The van der Waals surface area contributed by atoms with Crippen LogP contribution >= 0.6 is 0 Å². The molecule has 2 rings (SSSR count). The van der Waals surface area contributed by atoms with E-state index in [0.717, 1.165) is 11.1 Å². The quantitative estimate of drug-likeness (QED) is 0.231. The molecule has 0 aliphatic rings. The molecule has 0 aromatic heterocycles. The van der Waals surface area contributed by atoms with Crippen LogP contribution in [0, 0.1) is 22.7 Å². The number of rotatable bonds is 17. The highest BCUT2D eigenvalue weighted by molar-refractivity contribution is 5.70. The van der Waals surface area contributed by atoms with Gasteiger partial charge >= 0.3 is 0 Å². The molecule has 0 saturated carbocycles. The number of nitrogens with zero attached hydrogens (tertiary/aromatic N) is 2. The van der Waals surface area contributed by atoms with E-state index >= 15 is 0 Å². The van der Waals surface area contributed by atoms with Crippen molar-refractivity contribution < 1.29 is 39.4 Å². The molecule has 0 fully saturated rings. The summed E-state index contributed by atoms with van der Waals surface area (Å²) in [7, 11) is 0. The van der Waals surface area contributed by atoms with E-state index in [1.165, 1.54) is 0 Å². The lowest BCUT2D eigenvalue weighted by Gasteiger charge is -2.17. The molecule has 2 aromatic carbocycles. The number of hydrogen-bond donors (Lipinski definition) is 4. The second kappa shape index (κ2) is 16.7. The summed E-state index contributed by atoms with van der Waals surface area (Å²) >= 11 is 0. The molecule has 2 aromatic rings. The molecule has 0 radical (unpaired) electrons. The first-order valence-electron chi connectivity index (χ1n) is 11.5. The van der Waals surface area contributed by atoms with E-state index in [1.807, 2.05) is 24.3 Å². The minimum Gasteiger partial charge on any atom is -0.394 e. The third-order valence-corrected chi connectivity index (χ3v) is 5.13. The first kappa shape index (κ1) is 29.3. The molecular formula is C26H32N2O8. The van der Waals surface area contributed by atoms with Gasteiger partial charge in [0.25, 0.3) is 0 Å². The summed E-state index contributed by atoms with van der Waals surface area (Å²) in [6.07, 6.45) is 0. The van der Waals surface area contributed by atoms with Crippen LogP contribution in [0.5, 0.6) is 0 Å². The molecule has 0 bridgehead atoms. The SMILES string of the molecule is N#Cc1c(COCCO)cc(-c2cc(COCCO)c(C#N)c(COCCO)c2)cc1COCCO. The lowest BCUT2D eigenvalue weighted by Crippen LogP contribution is -2.08. The van der Waals surface area contributed by atoms with Crippen LogP contribution in [0.1, 0.15) is 33.4 Å². The summed E-state index contributed by atoms with van der Waals surface area (Å²) in [6, 6.07) is 11.6. The molecular weight excluding hydrogens is 468 g/mol. The average molecular weight is 501 g/mol. The van der Waals surface area contributed by atoms with E-state index in [2.05, 4.69) is 12.1 Å². The molecule has 0 aliphatic carbocycles. The zero-order valence-electron chi connectivity index (χ0n) is 20.1. The molecule has 0 amide bonds. The first-order chi connectivity index (χ1) is 17.6. The Morgan fingerprint density at radius 2 is 0.750 bits per heavy atom. The number of benzene rings is 2. The second-order valence-corrected chi connectivity index (χ2v) is 7.67. The molecule has 0 atom stereocenters. The minimum absolute atomic E-state index is 0.0967. The maximum atomic E-state index is 9.80. The van der Waals surface area contributed by atoms with Gasteiger partial charge in [-0.15, -0.1) is 0 Å². The highest BCUT2D eigenvalue weighted by atomic mass is 16.5. The summed E-state index contributed by atoms with van der Waals surface area (Å²) in [6.45, 7) is 0.217. The molecule has 4 N–H and O–H groups in total. The number of aliphatic hydroxyl groups is 4. The van der Waals surface area contributed by atoms with E-state index in [-0.39, 0.29) is 79.3 Å². The van der Waals surface area contributed by atoms with E-state index < -0.39 is 0 Å². The van der Waals surface area contributed by atoms with Crippen molar-refractivity contribution in [1.29, 1.82) is 10.5 Å². The highest BCUT2D eigenvalue weighted by Gasteiger charge is 2.17. The van der Waals surface area contributed by atoms with Gasteiger partial charge < -0.3 is 39.4 Å². The van der Waals surface area contributed by atoms with Gasteiger partial charge in [-0.1, -0.05) is 0 Å². The van der Waals surface area contributed by atoms with Crippen LogP contribution in [0.15, 0.2) is 24.3 Å². The maximum Gasteiger partial charge on any atom is 0.0999 e.